The van der Waals surface area contributed by atoms with Crippen molar-refractivity contribution < 1.29 is 24.2 Å². The molecule has 2 aliphatic carbocycles. The number of rotatable bonds is 7. The first-order valence-electron chi connectivity index (χ1n) is 11.9. The molecule has 1 fully saturated rings. The zero-order valence-electron chi connectivity index (χ0n) is 19.7. The predicted octanol–water partition coefficient (Wildman–Crippen LogP) is 4.31. The Labute approximate surface area is 199 Å². The van der Waals surface area contributed by atoms with Gasteiger partial charge in [0.05, 0.1) is 5.41 Å². The number of hydrogen-bond donors (Lipinski definition) is 3. The number of ether oxygens (including phenoxy) is 1. The monoisotopic (exact) mass is 464 g/mol. The van der Waals surface area contributed by atoms with Crippen molar-refractivity contribution in [2.24, 2.45) is 11.3 Å². The molecule has 0 aromatic heterocycles. The number of aliphatic carboxylic acids is 1. The van der Waals surface area contributed by atoms with Gasteiger partial charge in [0.2, 0.25) is 5.91 Å². The summed E-state index contributed by atoms with van der Waals surface area (Å²) in [5.74, 6) is -0.958. The lowest BCUT2D eigenvalue weighted by atomic mass is 9.70. The van der Waals surface area contributed by atoms with Crippen molar-refractivity contribution in [1.82, 2.24) is 10.6 Å². The van der Waals surface area contributed by atoms with Gasteiger partial charge in [0.25, 0.3) is 0 Å². The van der Waals surface area contributed by atoms with Crippen LogP contribution in [0.3, 0.4) is 0 Å². The van der Waals surface area contributed by atoms with Crippen molar-refractivity contribution in [3.05, 3.63) is 59.7 Å². The summed E-state index contributed by atoms with van der Waals surface area (Å²) in [4.78, 5) is 36.9. The average molecular weight is 465 g/mol. The van der Waals surface area contributed by atoms with E-state index in [1.807, 2.05) is 24.3 Å². The molecular weight excluding hydrogens is 432 g/mol. The van der Waals surface area contributed by atoms with E-state index >= 15 is 0 Å². The third kappa shape index (κ3) is 4.79. The molecule has 0 spiro atoms. The average Bonchev–Trinajstić information content (AvgIpc) is 3.16. The molecule has 2 amide bonds. The third-order valence-electron chi connectivity index (χ3n) is 7.35. The number of hydrogen-bond acceptors (Lipinski definition) is 4. The van der Waals surface area contributed by atoms with E-state index in [2.05, 4.69) is 41.8 Å². The van der Waals surface area contributed by atoms with Gasteiger partial charge in [-0.25, -0.2) is 4.79 Å². The van der Waals surface area contributed by atoms with Gasteiger partial charge in [0, 0.05) is 12.5 Å². The second kappa shape index (κ2) is 9.87. The minimum absolute atomic E-state index is 0.0395. The molecule has 1 saturated carbocycles. The van der Waals surface area contributed by atoms with Gasteiger partial charge >= 0.3 is 12.1 Å². The van der Waals surface area contributed by atoms with Crippen molar-refractivity contribution >= 4 is 18.0 Å². The van der Waals surface area contributed by atoms with E-state index in [0.717, 1.165) is 35.1 Å². The highest BCUT2D eigenvalue weighted by Crippen LogP contribution is 2.44. The first-order valence-corrected chi connectivity index (χ1v) is 11.9. The molecule has 2 aromatic rings. The summed E-state index contributed by atoms with van der Waals surface area (Å²) in [5, 5.41) is 14.6. The molecule has 0 radical (unpaired) electrons. The molecule has 1 atom stereocenters. The molecule has 0 unspecified atom stereocenters. The molecule has 180 valence electrons. The number of amides is 2. The normalized spacial score (nSPS) is 22.2. The van der Waals surface area contributed by atoms with Crippen LogP contribution in [0.4, 0.5) is 4.79 Å². The zero-order valence-corrected chi connectivity index (χ0v) is 19.7. The van der Waals surface area contributed by atoms with Crippen LogP contribution in [0.1, 0.15) is 56.6 Å². The molecule has 4 rings (SSSR count). The van der Waals surface area contributed by atoms with Crippen LogP contribution in [0, 0.1) is 11.3 Å². The van der Waals surface area contributed by atoms with E-state index in [1.165, 1.54) is 6.92 Å². The first-order chi connectivity index (χ1) is 16.3. The van der Waals surface area contributed by atoms with Crippen LogP contribution in [0.2, 0.25) is 0 Å². The van der Waals surface area contributed by atoms with Crippen molar-refractivity contribution in [2.45, 2.75) is 51.5 Å². The Balaban J connectivity index is 1.40. The fourth-order valence-electron chi connectivity index (χ4n) is 5.10. The summed E-state index contributed by atoms with van der Waals surface area (Å²) < 4.78 is 5.62. The van der Waals surface area contributed by atoms with E-state index in [9.17, 15) is 19.5 Å². The van der Waals surface area contributed by atoms with Crippen LogP contribution in [0.25, 0.3) is 11.1 Å². The number of nitrogens with one attached hydrogen (secondary N) is 2. The number of carbonyl (C=O) groups excluding carboxylic acids is 2. The lowest BCUT2D eigenvalue weighted by molar-refractivity contribution is -0.144. The van der Waals surface area contributed by atoms with Gasteiger partial charge in [-0.05, 0) is 60.8 Å². The minimum atomic E-state index is -1.09. The number of alkyl carbamates (subject to hydrolysis) is 1. The summed E-state index contributed by atoms with van der Waals surface area (Å²) >= 11 is 0. The van der Waals surface area contributed by atoms with E-state index in [1.54, 1.807) is 0 Å². The lowest BCUT2D eigenvalue weighted by Gasteiger charge is -2.38. The Bertz CT molecular complexity index is 1030. The Morgan fingerprint density at radius 3 is 2.15 bits per heavy atom. The molecule has 0 bridgehead atoms. The lowest BCUT2D eigenvalue weighted by Crippen LogP contribution is -2.53. The molecule has 0 saturated heterocycles. The maximum absolute atomic E-state index is 13.0. The molecule has 0 heterocycles. The molecule has 7 heteroatoms. The van der Waals surface area contributed by atoms with Crippen LogP contribution >= 0.6 is 0 Å². The van der Waals surface area contributed by atoms with Crippen molar-refractivity contribution in [3.8, 4) is 11.1 Å². The van der Waals surface area contributed by atoms with Crippen LogP contribution in [0.15, 0.2) is 48.5 Å². The number of fused-ring (bicyclic) bond motifs is 3. The topological polar surface area (TPSA) is 105 Å². The Hall–Kier alpha value is -3.35. The zero-order chi connectivity index (χ0) is 24.3. The van der Waals surface area contributed by atoms with Crippen molar-refractivity contribution in [2.75, 3.05) is 13.2 Å². The number of carboxylic acid groups (broad SMARTS) is 1. The highest BCUT2D eigenvalue weighted by molar-refractivity contribution is 5.88. The molecule has 0 aliphatic heterocycles. The van der Waals surface area contributed by atoms with Crippen LogP contribution in [0.5, 0.6) is 0 Å². The van der Waals surface area contributed by atoms with Crippen LogP contribution in [-0.4, -0.2) is 42.3 Å². The second-order valence-electron chi connectivity index (χ2n) is 9.68. The largest absolute Gasteiger partial charge is 0.480 e. The molecule has 34 heavy (non-hydrogen) atoms. The number of benzene rings is 2. The Kier molecular flexibility index (Phi) is 6.91. The van der Waals surface area contributed by atoms with Crippen LogP contribution < -0.4 is 10.6 Å². The van der Waals surface area contributed by atoms with E-state index in [-0.39, 0.29) is 25.0 Å². The summed E-state index contributed by atoms with van der Waals surface area (Å²) in [6.07, 6.45) is 2.31. The minimum Gasteiger partial charge on any atom is -0.480 e. The number of carboxylic acids is 1. The highest BCUT2D eigenvalue weighted by atomic mass is 16.5. The van der Waals surface area contributed by atoms with Gasteiger partial charge in [-0.2, -0.15) is 0 Å². The number of carbonyl (C=O) groups is 3. The Morgan fingerprint density at radius 2 is 1.59 bits per heavy atom. The van der Waals surface area contributed by atoms with Gasteiger partial charge in [0.1, 0.15) is 12.6 Å². The van der Waals surface area contributed by atoms with Gasteiger partial charge in [-0.1, -0.05) is 55.5 Å². The summed E-state index contributed by atoms with van der Waals surface area (Å²) in [7, 11) is 0. The summed E-state index contributed by atoms with van der Waals surface area (Å²) in [6, 6.07) is 15.3. The van der Waals surface area contributed by atoms with E-state index in [4.69, 9.17) is 4.74 Å². The standard InChI is InChI=1S/C27H32N2O5/c1-17-11-13-27(14-12-17,25(32)29-18(2)24(30)31)16-28-26(33)34-15-23-21-9-5-3-7-19(21)20-8-4-6-10-22(20)23/h3-10,17-18,23H,11-16H2,1-2H3,(H,28,33)(H,29,32)(H,30,31)/t17?,18-,27?/m0/s1. The highest BCUT2D eigenvalue weighted by Gasteiger charge is 2.42. The van der Waals surface area contributed by atoms with Gasteiger partial charge < -0.3 is 20.5 Å². The third-order valence-corrected chi connectivity index (χ3v) is 7.35. The molecular formula is C27H32N2O5. The van der Waals surface area contributed by atoms with Gasteiger partial charge in [-0.15, -0.1) is 0 Å². The van der Waals surface area contributed by atoms with Gasteiger partial charge in [0.15, 0.2) is 0 Å². The van der Waals surface area contributed by atoms with E-state index in [0.29, 0.717) is 18.8 Å². The maximum atomic E-state index is 13.0. The SMILES string of the molecule is CC1CCC(CNC(=O)OCC2c3ccccc3-c3ccccc32)(C(=O)N[C@@H](C)C(=O)O)CC1. The van der Waals surface area contributed by atoms with Gasteiger partial charge in [-0.3, -0.25) is 9.59 Å². The van der Waals surface area contributed by atoms with Crippen molar-refractivity contribution in [1.29, 1.82) is 0 Å². The molecule has 3 N–H and O–H groups in total. The quantitative estimate of drug-likeness (QED) is 0.566. The van der Waals surface area contributed by atoms with Crippen LogP contribution in [-0.2, 0) is 14.3 Å². The molecule has 7 nitrogen and oxygen atoms in total. The molecule has 2 aromatic carbocycles. The second-order valence-corrected chi connectivity index (χ2v) is 9.68. The fourth-order valence-corrected chi connectivity index (χ4v) is 5.10. The fraction of sp³-hybridized carbons (Fsp3) is 0.444. The first kappa shape index (κ1) is 23.8. The Morgan fingerprint density at radius 1 is 1.03 bits per heavy atom. The maximum Gasteiger partial charge on any atom is 0.407 e. The summed E-state index contributed by atoms with van der Waals surface area (Å²) in [6.45, 7) is 3.90. The predicted molar refractivity (Wildman–Crippen MR) is 128 cm³/mol. The summed E-state index contributed by atoms with van der Waals surface area (Å²) in [5.41, 5.74) is 3.76. The van der Waals surface area contributed by atoms with Crippen molar-refractivity contribution in [3.63, 3.8) is 0 Å². The van der Waals surface area contributed by atoms with E-state index < -0.39 is 23.5 Å². The smallest absolute Gasteiger partial charge is 0.407 e. The molecule has 2 aliphatic rings.